The molecule has 19 heteroatoms. The SMILES string of the molecule is Cn1c(=O)n(C2CCC(=O)NC2=O)c2cccc(CCCN3CCO[C@@H](CNCC4CCC(n5cc(NC(=O)c6coc(-c7ccnc(NCC8CC8)c7)n6)c(C(F)F)n5)CC4)C3)c21. The summed E-state index contributed by atoms with van der Waals surface area (Å²) in [6.45, 7) is 5.56. The van der Waals surface area contributed by atoms with Gasteiger partial charge in [-0.05, 0) is 106 Å². The van der Waals surface area contributed by atoms with Crippen LogP contribution in [-0.2, 0) is 27.8 Å². The Hall–Kier alpha value is -5.79. The number of alkyl halides is 2. The molecular formula is C45H55F2N11O6. The lowest BCUT2D eigenvalue weighted by atomic mass is 9.86. The molecule has 340 valence electrons. The van der Waals surface area contributed by atoms with Crippen LogP contribution in [0.1, 0.15) is 98.0 Å². The number of morpholine rings is 1. The number of para-hydroxylation sites is 1. The molecule has 4 N–H and O–H groups in total. The predicted octanol–water partition coefficient (Wildman–Crippen LogP) is 5.23. The fourth-order valence-electron chi connectivity index (χ4n) is 9.39. The molecule has 64 heavy (non-hydrogen) atoms. The fraction of sp³-hybridized carbons (Fsp3) is 0.533. The van der Waals surface area contributed by atoms with Gasteiger partial charge in [0.2, 0.25) is 17.7 Å². The number of oxazole rings is 1. The van der Waals surface area contributed by atoms with E-state index in [-0.39, 0.29) is 47.4 Å². The molecule has 9 rings (SSSR count). The number of carbonyl (C=O) groups excluding carboxylic acids is 3. The van der Waals surface area contributed by atoms with Crippen molar-refractivity contribution in [3.05, 3.63) is 76.4 Å². The van der Waals surface area contributed by atoms with Crippen LogP contribution < -0.4 is 27.0 Å². The highest BCUT2D eigenvalue weighted by molar-refractivity contribution is 6.03. The number of nitrogens with zero attached hydrogens (tertiary/aromatic N) is 7. The average Bonchev–Trinajstić information content (AvgIpc) is 3.70. The minimum Gasteiger partial charge on any atom is -0.444 e. The number of aromatic nitrogens is 6. The number of benzene rings is 1. The Morgan fingerprint density at radius 2 is 1.83 bits per heavy atom. The summed E-state index contributed by atoms with van der Waals surface area (Å²) in [5, 5.41) is 16.1. The number of pyridine rings is 1. The van der Waals surface area contributed by atoms with Gasteiger partial charge in [0.1, 0.15) is 18.1 Å². The van der Waals surface area contributed by atoms with Crippen LogP contribution in [0.25, 0.3) is 22.5 Å². The van der Waals surface area contributed by atoms with E-state index in [2.05, 4.69) is 41.2 Å². The number of rotatable bonds is 17. The van der Waals surface area contributed by atoms with Crippen LogP contribution in [0.3, 0.4) is 0 Å². The molecule has 6 heterocycles. The van der Waals surface area contributed by atoms with Gasteiger partial charge in [-0.15, -0.1) is 0 Å². The Morgan fingerprint density at radius 3 is 2.62 bits per heavy atom. The summed E-state index contributed by atoms with van der Waals surface area (Å²) in [6, 6.07) is 8.57. The van der Waals surface area contributed by atoms with Gasteiger partial charge >= 0.3 is 5.69 Å². The topological polar surface area (TPSA) is 195 Å². The summed E-state index contributed by atoms with van der Waals surface area (Å²) in [4.78, 5) is 62.0. The quantitative estimate of drug-likeness (QED) is 0.0890. The third-order valence-electron chi connectivity index (χ3n) is 13.1. The summed E-state index contributed by atoms with van der Waals surface area (Å²) in [5.74, 6) is 0.586. The van der Waals surface area contributed by atoms with Crippen molar-refractivity contribution < 1.29 is 32.3 Å². The van der Waals surface area contributed by atoms with Gasteiger partial charge in [-0.1, -0.05) is 12.1 Å². The second-order valence-corrected chi connectivity index (χ2v) is 17.6. The van der Waals surface area contributed by atoms with E-state index in [0.717, 1.165) is 88.9 Å². The van der Waals surface area contributed by atoms with Gasteiger partial charge in [-0.3, -0.25) is 38.4 Å². The molecule has 2 aliphatic heterocycles. The molecule has 2 aliphatic carbocycles. The summed E-state index contributed by atoms with van der Waals surface area (Å²) in [5.41, 5.74) is 2.38. The monoisotopic (exact) mass is 883 g/mol. The number of hydrogen-bond acceptors (Lipinski definition) is 12. The first kappa shape index (κ1) is 43.5. The van der Waals surface area contributed by atoms with Gasteiger partial charge in [0, 0.05) is 57.6 Å². The third-order valence-corrected chi connectivity index (χ3v) is 13.1. The zero-order valence-electron chi connectivity index (χ0n) is 35.9. The molecule has 4 fully saturated rings. The molecule has 2 saturated carbocycles. The van der Waals surface area contributed by atoms with Crippen molar-refractivity contribution in [1.29, 1.82) is 0 Å². The number of ether oxygens (including phenoxy) is 1. The van der Waals surface area contributed by atoms with E-state index in [4.69, 9.17) is 9.15 Å². The van der Waals surface area contributed by atoms with Crippen LogP contribution in [0.4, 0.5) is 20.3 Å². The predicted molar refractivity (Wildman–Crippen MR) is 233 cm³/mol. The largest absolute Gasteiger partial charge is 0.444 e. The van der Waals surface area contributed by atoms with Gasteiger partial charge in [0.15, 0.2) is 11.4 Å². The Kier molecular flexibility index (Phi) is 13.0. The normalized spacial score (nSPS) is 22.0. The first-order chi connectivity index (χ1) is 31.1. The Balaban J connectivity index is 0.718. The smallest absolute Gasteiger partial charge is 0.329 e. The van der Waals surface area contributed by atoms with Crippen molar-refractivity contribution in [1.82, 2.24) is 44.4 Å². The first-order valence-electron chi connectivity index (χ1n) is 22.5. The Morgan fingerprint density at radius 1 is 1.02 bits per heavy atom. The number of amides is 3. The van der Waals surface area contributed by atoms with Gasteiger partial charge in [0.05, 0.1) is 35.5 Å². The lowest BCUT2D eigenvalue weighted by Gasteiger charge is -2.34. The minimum absolute atomic E-state index is 0.0342. The molecule has 0 radical (unpaired) electrons. The van der Waals surface area contributed by atoms with Gasteiger partial charge < -0.3 is 25.1 Å². The van der Waals surface area contributed by atoms with Crippen LogP contribution in [-0.4, -0.2) is 103 Å². The Labute approximate surface area is 368 Å². The molecule has 2 atom stereocenters. The average molecular weight is 884 g/mol. The van der Waals surface area contributed by atoms with Gasteiger partial charge in [0.25, 0.3) is 12.3 Å². The van der Waals surface area contributed by atoms with Gasteiger partial charge in [-0.2, -0.15) is 5.10 Å². The Bertz CT molecular complexity index is 2540. The van der Waals surface area contributed by atoms with Crippen molar-refractivity contribution in [2.24, 2.45) is 18.9 Å². The zero-order valence-corrected chi connectivity index (χ0v) is 35.9. The van der Waals surface area contributed by atoms with E-state index >= 15 is 0 Å². The zero-order chi connectivity index (χ0) is 44.3. The summed E-state index contributed by atoms with van der Waals surface area (Å²) >= 11 is 0. The summed E-state index contributed by atoms with van der Waals surface area (Å²) in [6.07, 6.45) is 9.46. The number of imidazole rings is 1. The fourth-order valence-corrected chi connectivity index (χ4v) is 9.39. The van der Waals surface area contributed by atoms with Crippen LogP contribution in [0.15, 0.2) is 58.2 Å². The number of aryl methyl sites for hydroxylation is 2. The maximum Gasteiger partial charge on any atom is 0.329 e. The molecule has 4 aliphatic rings. The second kappa shape index (κ2) is 19.1. The lowest BCUT2D eigenvalue weighted by molar-refractivity contribution is -0.135. The lowest BCUT2D eigenvalue weighted by Crippen LogP contribution is -2.47. The number of hydrogen-bond donors (Lipinski definition) is 4. The number of fused-ring (bicyclic) bond motifs is 1. The maximum atomic E-state index is 14.2. The molecule has 0 spiro atoms. The molecule has 2 saturated heterocycles. The standard InChI is InChI=1S/C45H55F2N11O6/c1-55-40-29(4-2-6-35(40)58(45(55)62)36-13-14-38(59)53-43(36)61)5-3-17-56-18-19-63-32(24-56)23-48-21-27-9-11-31(12-10-27)57-25-33(39(54-57)41(46)47)51-42(60)34-26-64-44(52-34)30-15-16-49-37(20-30)50-22-28-7-8-28/h2,4,6,15-16,20,25-28,31-32,36,41,48H,3,5,7-14,17-19,21-24H2,1H3,(H,49,50)(H,51,60)(H,53,59,61)/t27?,31?,32-,36?/m0/s1. The minimum atomic E-state index is -2.88. The van der Waals surface area contributed by atoms with Crippen molar-refractivity contribution in [2.45, 2.75) is 88.8 Å². The second-order valence-electron chi connectivity index (χ2n) is 17.6. The molecule has 4 aromatic heterocycles. The molecule has 3 amide bonds. The number of anilines is 2. The molecule has 1 unspecified atom stereocenters. The molecular weight excluding hydrogens is 829 g/mol. The van der Waals surface area contributed by atoms with Crippen LogP contribution in [0.5, 0.6) is 0 Å². The van der Waals surface area contributed by atoms with Crippen molar-refractivity contribution >= 4 is 40.3 Å². The molecule has 5 aromatic rings. The molecule has 1 aromatic carbocycles. The highest BCUT2D eigenvalue weighted by atomic mass is 19.3. The van der Waals surface area contributed by atoms with Crippen molar-refractivity contribution in [2.75, 3.05) is 56.5 Å². The van der Waals surface area contributed by atoms with Gasteiger partial charge in [-0.25, -0.2) is 23.5 Å². The number of nitrogens with one attached hydrogen (secondary N) is 4. The van der Waals surface area contributed by atoms with Crippen LogP contribution in [0, 0.1) is 11.8 Å². The van der Waals surface area contributed by atoms with Crippen molar-refractivity contribution in [3.8, 4) is 11.5 Å². The van der Waals surface area contributed by atoms with E-state index in [9.17, 15) is 28.0 Å². The van der Waals surface area contributed by atoms with E-state index in [1.807, 2.05) is 18.2 Å². The highest BCUT2D eigenvalue weighted by Crippen LogP contribution is 2.35. The van der Waals surface area contributed by atoms with E-state index in [1.54, 1.807) is 34.6 Å². The van der Waals surface area contributed by atoms with E-state index in [1.165, 1.54) is 29.9 Å². The number of carbonyl (C=O) groups is 3. The number of halogens is 2. The van der Waals surface area contributed by atoms with Crippen LogP contribution >= 0.6 is 0 Å². The third kappa shape index (κ3) is 9.80. The number of imide groups is 1. The molecule has 17 nitrogen and oxygen atoms in total. The first-order valence-corrected chi connectivity index (χ1v) is 22.5. The van der Waals surface area contributed by atoms with E-state index in [0.29, 0.717) is 41.8 Å². The van der Waals surface area contributed by atoms with Crippen LogP contribution in [0.2, 0.25) is 0 Å². The van der Waals surface area contributed by atoms with Crippen molar-refractivity contribution in [3.63, 3.8) is 0 Å². The summed E-state index contributed by atoms with van der Waals surface area (Å²) < 4.78 is 44.8. The molecule has 0 bridgehead atoms. The number of piperidine rings is 1. The van der Waals surface area contributed by atoms with E-state index < -0.39 is 30.0 Å². The highest BCUT2D eigenvalue weighted by Gasteiger charge is 2.32. The maximum absolute atomic E-state index is 14.2. The summed E-state index contributed by atoms with van der Waals surface area (Å²) in [7, 11) is 1.73.